The van der Waals surface area contributed by atoms with Crippen molar-refractivity contribution in [3.8, 4) is 0 Å². The zero-order chi connectivity index (χ0) is 24.8. The Hall–Kier alpha value is -4.74. The second kappa shape index (κ2) is 10.5. The third-order valence-electron chi connectivity index (χ3n) is 5.27. The average Bonchev–Trinajstić information content (AvgIpc) is 3.52. The van der Waals surface area contributed by atoms with Crippen molar-refractivity contribution in [3.05, 3.63) is 72.8 Å². The van der Waals surface area contributed by atoms with Crippen LogP contribution in [0.4, 0.5) is 22.1 Å². The van der Waals surface area contributed by atoms with Gasteiger partial charge in [0.2, 0.25) is 5.91 Å². The van der Waals surface area contributed by atoms with Crippen molar-refractivity contribution in [2.45, 2.75) is 19.1 Å². The van der Waals surface area contributed by atoms with Crippen LogP contribution in [-0.4, -0.2) is 61.7 Å². The number of hydrogen-bond acceptors (Lipinski definition) is 9. The SMILES string of the molecule is C=CC(=O)N1CC[C@@H](Nc2cnc(C(N)=O)c(Nc3cnn(C(=O)OCc4ccccc4)c3)n2)C1. The molecule has 4 N–H and O–H groups in total. The molecule has 2 amide bonds. The van der Waals surface area contributed by atoms with Crippen molar-refractivity contribution in [2.75, 3.05) is 23.7 Å². The molecule has 0 bridgehead atoms. The lowest BCUT2D eigenvalue weighted by Gasteiger charge is -2.16. The van der Waals surface area contributed by atoms with Crippen molar-refractivity contribution < 1.29 is 19.1 Å². The highest BCUT2D eigenvalue weighted by atomic mass is 16.6. The van der Waals surface area contributed by atoms with Crippen LogP contribution in [0.25, 0.3) is 0 Å². The van der Waals surface area contributed by atoms with Gasteiger partial charge in [-0.05, 0) is 18.1 Å². The van der Waals surface area contributed by atoms with E-state index < -0.39 is 12.0 Å². The minimum absolute atomic E-state index is 0.0392. The van der Waals surface area contributed by atoms with Gasteiger partial charge in [-0.15, -0.1) is 0 Å². The molecule has 12 heteroatoms. The fourth-order valence-corrected chi connectivity index (χ4v) is 3.55. The number of nitrogens with zero attached hydrogens (tertiary/aromatic N) is 5. The Morgan fingerprint density at radius 2 is 2.03 bits per heavy atom. The molecule has 1 aliphatic heterocycles. The number of amides is 2. The monoisotopic (exact) mass is 476 g/mol. The van der Waals surface area contributed by atoms with Crippen molar-refractivity contribution in [1.82, 2.24) is 24.6 Å². The second-order valence-corrected chi connectivity index (χ2v) is 7.77. The Balaban J connectivity index is 1.43. The van der Waals surface area contributed by atoms with E-state index >= 15 is 0 Å². The van der Waals surface area contributed by atoms with E-state index in [1.54, 1.807) is 4.90 Å². The summed E-state index contributed by atoms with van der Waals surface area (Å²) in [5.41, 5.74) is 6.59. The summed E-state index contributed by atoms with van der Waals surface area (Å²) in [6.07, 6.45) is 5.51. The molecule has 1 aliphatic rings. The summed E-state index contributed by atoms with van der Waals surface area (Å²) in [7, 11) is 0. The van der Waals surface area contributed by atoms with Crippen molar-refractivity contribution in [3.63, 3.8) is 0 Å². The van der Waals surface area contributed by atoms with Gasteiger partial charge in [-0.25, -0.2) is 14.8 Å². The van der Waals surface area contributed by atoms with Gasteiger partial charge in [0, 0.05) is 19.1 Å². The van der Waals surface area contributed by atoms with Crippen LogP contribution in [0.5, 0.6) is 0 Å². The Morgan fingerprint density at radius 1 is 1.23 bits per heavy atom. The molecular formula is C23H24N8O4. The van der Waals surface area contributed by atoms with Crippen LogP contribution in [0.2, 0.25) is 0 Å². The number of anilines is 3. The van der Waals surface area contributed by atoms with E-state index in [0.29, 0.717) is 24.6 Å². The molecule has 35 heavy (non-hydrogen) atoms. The number of likely N-dealkylation sites (tertiary alicyclic amines) is 1. The maximum Gasteiger partial charge on any atom is 0.435 e. The van der Waals surface area contributed by atoms with Crippen molar-refractivity contribution in [1.29, 1.82) is 0 Å². The van der Waals surface area contributed by atoms with Crippen LogP contribution < -0.4 is 16.4 Å². The van der Waals surface area contributed by atoms with Crippen LogP contribution in [0.15, 0.2) is 61.6 Å². The van der Waals surface area contributed by atoms with Gasteiger partial charge in [0.05, 0.1) is 24.3 Å². The summed E-state index contributed by atoms with van der Waals surface area (Å²) in [6, 6.07) is 9.22. The lowest BCUT2D eigenvalue weighted by molar-refractivity contribution is -0.125. The molecule has 0 unspecified atom stereocenters. The Kier molecular flexibility index (Phi) is 7.00. The number of aromatic nitrogens is 4. The summed E-state index contributed by atoms with van der Waals surface area (Å²) in [4.78, 5) is 46.2. The highest BCUT2D eigenvalue weighted by Gasteiger charge is 2.25. The zero-order valence-corrected chi connectivity index (χ0v) is 18.8. The van der Waals surface area contributed by atoms with E-state index in [-0.39, 0.29) is 30.1 Å². The summed E-state index contributed by atoms with van der Waals surface area (Å²) < 4.78 is 6.28. The van der Waals surface area contributed by atoms with Gasteiger partial charge in [0.1, 0.15) is 12.4 Å². The molecule has 0 spiro atoms. The van der Waals surface area contributed by atoms with E-state index in [9.17, 15) is 14.4 Å². The Bertz CT molecular complexity index is 1240. The first-order valence-electron chi connectivity index (χ1n) is 10.8. The predicted molar refractivity (Wildman–Crippen MR) is 127 cm³/mol. The molecule has 4 rings (SSSR count). The second-order valence-electron chi connectivity index (χ2n) is 7.77. The Morgan fingerprint density at radius 3 is 2.77 bits per heavy atom. The topological polar surface area (TPSA) is 157 Å². The molecule has 0 aliphatic carbocycles. The summed E-state index contributed by atoms with van der Waals surface area (Å²) in [5, 5.41) is 10.1. The van der Waals surface area contributed by atoms with Gasteiger partial charge >= 0.3 is 6.09 Å². The first-order valence-corrected chi connectivity index (χ1v) is 10.8. The first kappa shape index (κ1) is 23.4. The molecule has 2 aromatic heterocycles. The minimum Gasteiger partial charge on any atom is -0.443 e. The summed E-state index contributed by atoms with van der Waals surface area (Å²) >= 11 is 0. The molecule has 1 aromatic carbocycles. The standard InChI is InChI=1S/C23H24N8O4/c1-2-19(32)30-9-8-16(12-30)27-18-11-25-20(21(24)33)22(29-18)28-17-10-26-31(13-17)23(34)35-14-15-6-4-3-5-7-15/h2-7,10-11,13,16H,1,8-9,12,14H2,(H2,24,33)(H2,27,28,29)/t16-/m1/s1. The van der Waals surface area contributed by atoms with Gasteiger partial charge in [-0.1, -0.05) is 36.9 Å². The van der Waals surface area contributed by atoms with Gasteiger partial charge in [-0.3, -0.25) is 9.59 Å². The van der Waals surface area contributed by atoms with Crippen LogP contribution in [0, 0.1) is 0 Å². The molecule has 180 valence electrons. The van der Waals surface area contributed by atoms with Crippen molar-refractivity contribution in [2.24, 2.45) is 5.73 Å². The minimum atomic E-state index is -0.773. The smallest absolute Gasteiger partial charge is 0.435 e. The van der Waals surface area contributed by atoms with Gasteiger partial charge in [0.25, 0.3) is 5.91 Å². The predicted octanol–water partition coefficient (Wildman–Crippen LogP) is 1.90. The summed E-state index contributed by atoms with van der Waals surface area (Å²) in [5.74, 6) is -0.419. The van der Waals surface area contributed by atoms with Crippen LogP contribution >= 0.6 is 0 Å². The van der Waals surface area contributed by atoms with E-state index in [0.717, 1.165) is 16.7 Å². The third-order valence-corrected chi connectivity index (χ3v) is 5.27. The molecule has 0 radical (unpaired) electrons. The van der Waals surface area contributed by atoms with Gasteiger partial charge in [-0.2, -0.15) is 9.78 Å². The average molecular weight is 476 g/mol. The number of ether oxygens (including phenoxy) is 1. The Labute approximate surface area is 200 Å². The molecule has 0 saturated carbocycles. The zero-order valence-electron chi connectivity index (χ0n) is 18.8. The highest BCUT2D eigenvalue weighted by Crippen LogP contribution is 2.21. The molecule has 3 heterocycles. The molecule has 12 nitrogen and oxygen atoms in total. The number of carbonyl (C=O) groups is 3. The van der Waals surface area contributed by atoms with E-state index in [1.807, 2.05) is 30.3 Å². The fourth-order valence-electron chi connectivity index (χ4n) is 3.55. The maximum atomic E-state index is 12.3. The molecule has 3 aromatic rings. The fraction of sp³-hybridized carbons (Fsp3) is 0.217. The lowest BCUT2D eigenvalue weighted by atomic mass is 10.2. The van der Waals surface area contributed by atoms with E-state index in [1.165, 1.54) is 24.7 Å². The molecule has 1 saturated heterocycles. The highest BCUT2D eigenvalue weighted by molar-refractivity contribution is 5.96. The number of rotatable bonds is 8. The normalized spacial score (nSPS) is 14.9. The van der Waals surface area contributed by atoms with Crippen LogP contribution in [0.3, 0.4) is 0 Å². The number of carbonyl (C=O) groups excluding carboxylic acids is 3. The molecule has 1 fully saturated rings. The number of hydrogen-bond donors (Lipinski definition) is 3. The van der Waals surface area contributed by atoms with Crippen LogP contribution in [-0.2, 0) is 16.1 Å². The number of nitrogens with one attached hydrogen (secondary N) is 2. The summed E-state index contributed by atoms with van der Waals surface area (Å²) in [6.45, 7) is 4.70. The number of primary amides is 1. The molecule has 1 atom stereocenters. The first-order chi connectivity index (χ1) is 16.9. The lowest BCUT2D eigenvalue weighted by Crippen LogP contribution is -2.30. The molecular weight excluding hydrogens is 452 g/mol. The number of benzene rings is 1. The quantitative estimate of drug-likeness (QED) is 0.413. The van der Waals surface area contributed by atoms with E-state index in [4.69, 9.17) is 10.5 Å². The van der Waals surface area contributed by atoms with Gasteiger partial charge in [0.15, 0.2) is 11.5 Å². The van der Waals surface area contributed by atoms with Gasteiger partial charge < -0.3 is 26.0 Å². The van der Waals surface area contributed by atoms with Crippen LogP contribution in [0.1, 0.15) is 22.5 Å². The maximum absolute atomic E-state index is 12.3. The van der Waals surface area contributed by atoms with Crippen molar-refractivity contribution >= 4 is 35.2 Å². The number of nitrogens with two attached hydrogens (primary N) is 1. The largest absolute Gasteiger partial charge is 0.443 e. The third kappa shape index (κ3) is 5.79. The van der Waals surface area contributed by atoms with E-state index in [2.05, 4.69) is 32.3 Å².